The maximum atomic E-state index is 5.30. The second-order valence-corrected chi connectivity index (χ2v) is 5.47. The molecule has 124 valence electrons. The van der Waals surface area contributed by atoms with E-state index in [2.05, 4.69) is 32.5 Å². The molecule has 0 bridgehead atoms. The highest BCUT2D eigenvalue weighted by Gasteiger charge is 2.11. The summed E-state index contributed by atoms with van der Waals surface area (Å²) in [7, 11) is 4.02. The van der Waals surface area contributed by atoms with Gasteiger partial charge in [0.1, 0.15) is 0 Å². The van der Waals surface area contributed by atoms with Crippen LogP contribution < -0.4 is 10.6 Å². The van der Waals surface area contributed by atoms with E-state index in [1.54, 1.807) is 7.05 Å². The minimum absolute atomic E-state index is 0.721. The van der Waals surface area contributed by atoms with Crippen molar-refractivity contribution < 1.29 is 4.74 Å². The fraction of sp³-hybridized carbons (Fsp3) is 0.933. The van der Waals surface area contributed by atoms with E-state index in [0.29, 0.717) is 0 Å². The fourth-order valence-electron chi connectivity index (χ4n) is 2.44. The van der Waals surface area contributed by atoms with Crippen molar-refractivity contribution in [2.45, 2.75) is 19.8 Å². The second kappa shape index (κ2) is 11.8. The van der Waals surface area contributed by atoms with E-state index < -0.39 is 0 Å². The van der Waals surface area contributed by atoms with E-state index in [9.17, 15) is 0 Å². The highest BCUT2D eigenvalue weighted by atomic mass is 16.5. The van der Waals surface area contributed by atoms with Crippen molar-refractivity contribution in [3.8, 4) is 0 Å². The van der Waals surface area contributed by atoms with Crippen LogP contribution in [0.5, 0.6) is 0 Å². The Bertz CT molecular complexity index is 285. The van der Waals surface area contributed by atoms with Gasteiger partial charge in [0.15, 0.2) is 5.96 Å². The van der Waals surface area contributed by atoms with Crippen molar-refractivity contribution in [1.29, 1.82) is 0 Å². The molecule has 0 radical (unpaired) electrons. The molecule has 1 aliphatic heterocycles. The predicted molar refractivity (Wildman–Crippen MR) is 89.0 cm³/mol. The van der Waals surface area contributed by atoms with Crippen molar-refractivity contribution in [3.05, 3.63) is 0 Å². The molecular weight excluding hydrogens is 266 g/mol. The van der Waals surface area contributed by atoms with Gasteiger partial charge in [-0.2, -0.15) is 0 Å². The van der Waals surface area contributed by atoms with Crippen LogP contribution in [-0.2, 0) is 4.74 Å². The van der Waals surface area contributed by atoms with Crippen molar-refractivity contribution in [3.63, 3.8) is 0 Å². The van der Waals surface area contributed by atoms with Crippen LogP contribution in [0.15, 0.2) is 4.99 Å². The number of ether oxygens (including phenoxy) is 1. The molecule has 1 saturated heterocycles. The zero-order valence-corrected chi connectivity index (χ0v) is 14.0. The maximum Gasteiger partial charge on any atom is 0.191 e. The van der Waals surface area contributed by atoms with Gasteiger partial charge in [-0.15, -0.1) is 0 Å². The maximum absolute atomic E-state index is 5.30. The summed E-state index contributed by atoms with van der Waals surface area (Å²) in [4.78, 5) is 9.20. The number of aliphatic imine (C=N–C) groups is 1. The molecule has 0 aromatic carbocycles. The minimum Gasteiger partial charge on any atom is -0.380 e. The quantitative estimate of drug-likeness (QED) is 0.381. The van der Waals surface area contributed by atoms with Crippen molar-refractivity contribution in [2.75, 3.05) is 73.1 Å². The Morgan fingerprint density at radius 3 is 2.71 bits per heavy atom. The van der Waals surface area contributed by atoms with Crippen LogP contribution in [0.2, 0.25) is 0 Å². The summed E-state index contributed by atoms with van der Waals surface area (Å²) in [6, 6.07) is 0. The zero-order valence-electron chi connectivity index (χ0n) is 14.0. The lowest BCUT2D eigenvalue weighted by Gasteiger charge is -2.20. The van der Waals surface area contributed by atoms with Gasteiger partial charge >= 0.3 is 0 Å². The first-order valence-corrected chi connectivity index (χ1v) is 8.19. The topological polar surface area (TPSA) is 52.1 Å². The summed E-state index contributed by atoms with van der Waals surface area (Å²) in [5.74, 6) is 0.866. The lowest BCUT2D eigenvalue weighted by molar-refractivity contribution is 0.152. The SMILES string of the molecule is CCOCCNC(=NC)NCCCN1CCCN(C)CC1. The van der Waals surface area contributed by atoms with Crippen LogP contribution in [0.1, 0.15) is 19.8 Å². The van der Waals surface area contributed by atoms with E-state index in [1.807, 2.05) is 6.92 Å². The first kappa shape index (κ1) is 18.2. The molecule has 0 aromatic rings. The molecule has 0 unspecified atom stereocenters. The van der Waals surface area contributed by atoms with Gasteiger partial charge in [0.25, 0.3) is 0 Å². The summed E-state index contributed by atoms with van der Waals surface area (Å²) in [6.45, 7) is 11.2. The molecule has 0 aromatic heterocycles. The molecule has 1 aliphatic rings. The van der Waals surface area contributed by atoms with Gasteiger partial charge < -0.3 is 25.2 Å². The lowest BCUT2D eigenvalue weighted by Crippen LogP contribution is -2.40. The normalized spacial score (nSPS) is 18.5. The van der Waals surface area contributed by atoms with E-state index in [4.69, 9.17) is 4.74 Å². The predicted octanol–water partition coefficient (Wildman–Crippen LogP) is 0.216. The Labute approximate surface area is 129 Å². The van der Waals surface area contributed by atoms with Gasteiger partial charge in [0, 0.05) is 39.8 Å². The van der Waals surface area contributed by atoms with Crippen molar-refractivity contribution in [1.82, 2.24) is 20.4 Å². The van der Waals surface area contributed by atoms with E-state index in [0.717, 1.165) is 45.2 Å². The van der Waals surface area contributed by atoms with E-state index >= 15 is 0 Å². The second-order valence-electron chi connectivity index (χ2n) is 5.47. The molecular formula is C15H33N5O. The Morgan fingerprint density at radius 1 is 1.14 bits per heavy atom. The number of rotatable bonds is 8. The average molecular weight is 299 g/mol. The number of hydrogen-bond donors (Lipinski definition) is 2. The van der Waals surface area contributed by atoms with Crippen LogP contribution >= 0.6 is 0 Å². The number of nitrogens with one attached hydrogen (secondary N) is 2. The summed E-state index contributed by atoms with van der Waals surface area (Å²) < 4.78 is 5.30. The third kappa shape index (κ3) is 8.90. The minimum atomic E-state index is 0.721. The number of hydrogen-bond acceptors (Lipinski definition) is 4. The summed E-state index contributed by atoms with van der Waals surface area (Å²) in [5, 5.41) is 6.61. The number of likely N-dealkylation sites (N-methyl/N-ethyl adjacent to an activating group) is 1. The Hall–Kier alpha value is -0.850. The van der Waals surface area contributed by atoms with Gasteiger partial charge in [0.05, 0.1) is 6.61 Å². The lowest BCUT2D eigenvalue weighted by atomic mass is 10.3. The molecule has 21 heavy (non-hydrogen) atoms. The molecule has 1 rings (SSSR count). The smallest absolute Gasteiger partial charge is 0.191 e. The molecule has 1 fully saturated rings. The molecule has 0 amide bonds. The van der Waals surface area contributed by atoms with E-state index in [-0.39, 0.29) is 0 Å². The average Bonchev–Trinajstić information content (AvgIpc) is 2.70. The van der Waals surface area contributed by atoms with E-state index in [1.165, 1.54) is 32.6 Å². The molecule has 1 heterocycles. The summed E-state index contributed by atoms with van der Waals surface area (Å²) >= 11 is 0. The largest absolute Gasteiger partial charge is 0.380 e. The third-order valence-corrected chi connectivity index (χ3v) is 3.72. The first-order chi connectivity index (χ1) is 10.3. The summed E-state index contributed by atoms with van der Waals surface area (Å²) in [6.07, 6.45) is 2.43. The van der Waals surface area contributed by atoms with Crippen molar-refractivity contribution >= 4 is 5.96 Å². The molecule has 2 N–H and O–H groups in total. The third-order valence-electron chi connectivity index (χ3n) is 3.72. The first-order valence-electron chi connectivity index (χ1n) is 8.19. The van der Waals surface area contributed by atoms with Gasteiger partial charge in [0.2, 0.25) is 0 Å². The van der Waals surface area contributed by atoms with Crippen molar-refractivity contribution in [2.24, 2.45) is 4.99 Å². The molecule has 6 heteroatoms. The van der Waals surface area contributed by atoms with Gasteiger partial charge in [-0.1, -0.05) is 0 Å². The zero-order chi connectivity index (χ0) is 15.3. The Morgan fingerprint density at radius 2 is 1.95 bits per heavy atom. The molecule has 6 nitrogen and oxygen atoms in total. The Kier molecular flexibility index (Phi) is 10.2. The monoisotopic (exact) mass is 299 g/mol. The summed E-state index contributed by atoms with van der Waals surface area (Å²) in [5.41, 5.74) is 0. The fourth-order valence-corrected chi connectivity index (χ4v) is 2.44. The number of guanidine groups is 1. The molecule has 0 atom stereocenters. The van der Waals surface area contributed by atoms with Crippen LogP contribution in [0.4, 0.5) is 0 Å². The standard InChI is InChI=1S/C15H33N5O/c1-4-21-14-8-18-15(16-2)17-7-5-10-20-11-6-9-19(3)12-13-20/h4-14H2,1-3H3,(H2,16,17,18). The van der Waals surface area contributed by atoms with Crippen LogP contribution in [0, 0.1) is 0 Å². The number of nitrogens with zero attached hydrogens (tertiary/aromatic N) is 3. The Balaban J connectivity index is 2.06. The molecule has 0 spiro atoms. The van der Waals surface area contributed by atoms with Gasteiger partial charge in [-0.3, -0.25) is 4.99 Å². The van der Waals surface area contributed by atoms with Crippen LogP contribution in [0.25, 0.3) is 0 Å². The molecule has 0 aliphatic carbocycles. The van der Waals surface area contributed by atoms with Crippen LogP contribution in [-0.4, -0.2) is 88.9 Å². The van der Waals surface area contributed by atoms with Crippen LogP contribution in [0.3, 0.4) is 0 Å². The van der Waals surface area contributed by atoms with Gasteiger partial charge in [-0.25, -0.2) is 0 Å². The highest BCUT2D eigenvalue weighted by Crippen LogP contribution is 2.01. The highest BCUT2D eigenvalue weighted by molar-refractivity contribution is 5.79. The van der Waals surface area contributed by atoms with Gasteiger partial charge in [-0.05, 0) is 46.4 Å². The molecule has 0 saturated carbocycles.